The van der Waals surface area contributed by atoms with Gasteiger partial charge in [0.2, 0.25) is 0 Å². The molecule has 0 aromatic heterocycles. The third kappa shape index (κ3) is 2.77. The second-order valence-electron chi connectivity index (χ2n) is 15.0. The molecule has 5 saturated carbocycles. The Hall–Kier alpha value is -0.0400. The second kappa shape index (κ2) is 6.99. The topological polar surface area (TPSA) is 20.2 Å². The summed E-state index contributed by atoms with van der Waals surface area (Å²) in [4.78, 5) is 0. The molecule has 0 aromatic rings. The van der Waals surface area contributed by atoms with Crippen LogP contribution in [0.1, 0.15) is 119 Å². The van der Waals surface area contributed by atoms with Gasteiger partial charge in [0.25, 0.3) is 0 Å². The van der Waals surface area contributed by atoms with E-state index in [9.17, 15) is 5.11 Å². The van der Waals surface area contributed by atoms with E-state index in [4.69, 9.17) is 0 Å². The lowest BCUT2D eigenvalue weighted by Crippen LogP contribution is -2.65. The van der Waals surface area contributed by atoms with Gasteiger partial charge in [0.1, 0.15) is 0 Å². The summed E-state index contributed by atoms with van der Waals surface area (Å²) in [6, 6.07) is 0. The van der Waals surface area contributed by atoms with E-state index in [-0.39, 0.29) is 0 Å². The van der Waals surface area contributed by atoms with Crippen molar-refractivity contribution in [2.45, 2.75) is 119 Å². The molecule has 0 aromatic carbocycles. The van der Waals surface area contributed by atoms with Crippen LogP contribution >= 0.6 is 0 Å². The highest BCUT2D eigenvalue weighted by Gasteiger charge is 2.70. The Morgan fingerprint density at radius 1 is 0.677 bits per heavy atom. The van der Waals surface area contributed by atoms with Gasteiger partial charge >= 0.3 is 0 Å². The Labute approximate surface area is 193 Å². The number of aliphatic hydroxyl groups is 1. The molecule has 0 aliphatic heterocycles. The van der Waals surface area contributed by atoms with Crippen molar-refractivity contribution in [3.63, 3.8) is 0 Å². The van der Waals surface area contributed by atoms with Gasteiger partial charge in [-0.3, -0.25) is 0 Å². The second-order valence-corrected chi connectivity index (χ2v) is 15.0. The predicted molar refractivity (Wildman–Crippen MR) is 131 cm³/mol. The van der Waals surface area contributed by atoms with Crippen LogP contribution in [0.15, 0.2) is 0 Å². The third-order valence-corrected chi connectivity index (χ3v) is 13.8. The van der Waals surface area contributed by atoms with E-state index in [1.54, 1.807) is 0 Å². The molecule has 0 amide bonds. The normalized spacial score (nSPS) is 56.7. The molecule has 5 fully saturated rings. The van der Waals surface area contributed by atoms with E-state index in [1.807, 2.05) is 0 Å². The Balaban J connectivity index is 1.50. The summed E-state index contributed by atoms with van der Waals surface area (Å²) in [5.74, 6) is 4.86. The predicted octanol–water partition coefficient (Wildman–Crippen LogP) is 8.11. The molecule has 0 radical (unpaired) electrons. The third-order valence-electron chi connectivity index (χ3n) is 13.8. The van der Waals surface area contributed by atoms with Gasteiger partial charge in [-0.2, -0.15) is 0 Å². The molecule has 0 bridgehead atoms. The van der Waals surface area contributed by atoms with Crippen molar-refractivity contribution >= 4 is 0 Å². The Kier molecular flexibility index (Phi) is 5.13. The molecule has 1 nitrogen and oxygen atoms in total. The van der Waals surface area contributed by atoms with Crippen molar-refractivity contribution in [2.75, 3.05) is 6.61 Å². The zero-order valence-electron chi connectivity index (χ0n) is 21.9. The van der Waals surface area contributed by atoms with Gasteiger partial charge in [-0.1, -0.05) is 54.9 Å². The van der Waals surface area contributed by atoms with Crippen molar-refractivity contribution < 1.29 is 5.11 Å². The highest BCUT2D eigenvalue weighted by atomic mass is 16.3. The number of hydrogen-bond acceptors (Lipinski definition) is 1. The summed E-state index contributed by atoms with van der Waals surface area (Å²) in [7, 11) is 0. The zero-order valence-corrected chi connectivity index (χ0v) is 21.9. The van der Waals surface area contributed by atoms with Gasteiger partial charge < -0.3 is 5.11 Å². The molecule has 5 aliphatic rings. The summed E-state index contributed by atoms with van der Waals surface area (Å²) in [5, 5.41) is 9.93. The van der Waals surface area contributed by atoms with Crippen molar-refractivity contribution in [2.24, 2.45) is 62.6 Å². The van der Waals surface area contributed by atoms with Crippen molar-refractivity contribution in [3.8, 4) is 0 Å². The van der Waals surface area contributed by atoms with Gasteiger partial charge in [0.05, 0.1) is 0 Å². The molecular weight excluding hydrogens is 376 g/mol. The fourth-order valence-corrected chi connectivity index (χ4v) is 12.2. The lowest BCUT2D eigenvalue weighted by Gasteiger charge is -2.73. The maximum absolute atomic E-state index is 9.93. The first-order valence-electron chi connectivity index (χ1n) is 14.0. The van der Waals surface area contributed by atoms with Crippen LogP contribution in [-0.4, -0.2) is 11.7 Å². The van der Waals surface area contributed by atoms with E-state index in [0.717, 1.165) is 29.6 Å². The van der Waals surface area contributed by atoms with Crippen LogP contribution in [0.4, 0.5) is 0 Å². The first-order valence-corrected chi connectivity index (χ1v) is 14.0. The monoisotopic (exact) mass is 428 g/mol. The van der Waals surface area contributed by atoms with Crippen LogP contribution in [0.5, 0.6) is 0 Å². The average Bonchev–Trinajstić information content (AvgIpc) is 3.04. The summed E-state index contributed by atoms with van der Waals surface area (Å²) in [6.07, 6.45) is 16.0. The summed E-state index contributed by atoms with van der Waals surface area (Å²) >= 11 is 0. The van der Waals surface area contributed by atoms with Crippen LogP contribution in [0.2, 0.25) is 0 Å². The summed E-state index contributed by atoms with van der Waals surface area (Å²) in [6.45, 7) is 18.9. The highest BCUT2D eigenvalue weighted by molar-refractivity contribution is 5.19. The fourth-order valence-electron chi connectivity index (χ4n) is 12.2. The number of hydrogen-bond donors (Lipinski definition) is 1. The zero-order chi connectivity index (χ0) is 22.4. The number of fused-ring (bicyclic) bond motifs is 7. The van der Waals surface area contributed by atoms with Crippen molar-refractivity contribution in [3.05, 3.63) is 0 Å². The van der Waals surface area contributed by atoms with E-state index in [1.165, 1.54) is 70.6 Å². The van der Waals surface area contributed by atoms with Crippen LogP contribution in [0, 0.1) is 62.6 Å². The molecule has 5 aliphatic carbocycles. The minimum atomic E-state index is 0.383. The van der Waals surface area contributed by atoms with Gasteiger partial charge in [0, 0.05) is 6.61 Å². The summed E-state index contributed by atoms with van der Waals surface area (Å²) < 4.78 is 0. The van der Waals surface area contributed by atoms with Gasteiger partial charge in [-0.25, -0.2) is 0 Å². The van der Waals surface area contributed by atoms with Crippen molar-refractivity contribution in [1.82, 2.24) is 0 Å². The molecular formula is C30H52O. The van der Waals surface area contributed by atoms with Crippen molar-refractivity contribution in [1.29, 1.82) is 0 Å². The van der Waals surface area contributed by atoms with Crippen LogP contribution in [0.3, 0.4) is 0 Å². The molecule has 5 rings (SSSR count). The molecule has 31 heavy (non-hydrogen) atoms. The summed E-state index contributed by atoms with van der Waals surface area (Å²) in [5.41, 5.74) is 2.63. The Bertz CT molecular complexity index is 711. The number of aliphatic hydroxyl groups excluding tert-OH is 1. The molecule has 1 N–H and O–H groups in total. The first-order chi connectivity index (χ1) is 14.4. The largest absolute Gasteiger partial charge is 0.396 e. The highest BCUT2D eigenvalue weighted by Crippen LogP contribution is 2.78. The quantitative estimate of drug-likeness (QED) is 0.471. The standard InChI is InChI=1S/C30H52O/c1-20(19-31)21-11-16-27(4)22(21)12-17-29(6)24(27)9-10-25-28(5)15-8-14-26(2,3)23(28)13-18-30(25,29)7/h20-25,31H,8-19H2,1-7H3/t20-,21-,22-,23+,24+,25-,27+,28+,29-,30-/m1/s1. The Morgan fingerprint density at radius 2 is 1.29 bits per heavy atom. The Morgan fingerprint density at radius 3 is 1.94 bits per heavy atom. The SMILES string of the molecule is C[C@H](CO)[C@H]1CC[C@@]2(C)[C@@H]1CC[C@]1(C)[C@H]2CC[C@@H]2[C@@]3(C)CCCC(C)(C)[C@@H]3CC[C@]21C. The van der Waals surface area contributed by atoms with E-state index in [0.29, 0.717) is 39.6 Å². The van der Waals surface area contributed by atoms with E-state index < -0.39 is 0 Å². The molecule has 0 spiro atoms. The van der Waals surface area contributed by atoms with Crippen LogP contribution < -0.4 is 0 Å². The van der Waals surface area contributed by atoms with Gasteiger partial charge in [0.15, 0.2) is 0 Å². The number of rotatable bonds is 2. The molecule has 1 heteroatoms. The van der Waals surface area contributed by atoms with Gasteiger partial charge in [-0.15, -0.1) is 0 Å². The maximum Gasteiger partial charge on any atom is 0.0459 e. The van der Waals surface area contributed by atoms with E-state index in [2.05, 4.69) is 48.5 Å². The molecule has 0 heterocycles. The maximum atomic E-state index is 9.93. The average molecular weight is 429 g/mol. The molecule has 178 valence electrons. The molecule has 0 saturated heterocycles. The minimum absolute atomic E-state index is 0.383. The van der Waals surface area contributed by atoms with Gasteiger partial charge in [-0.05, 0) is 127 Å². The lowest BCUT2D eigenvalue weighted by molar-refractivity contribution is -0.241. The smallest absolute Gasteiger partial charge is 0.0459 e. The molecule has 0 unspecified atom stereocenters. The van der Waals surface area contributed by atoms with Crippen LogP contribution in [0.25, 0.3) is 0 Å². The lowest BCUT2D eigenvalue weighted by atomic mass is 9.32. The first kappa shape index (κ1) is 22.7. The molecule has 10 atom stereocenters. The van der Waals surface area contributed by atoms with E-state index >= 15 is 0 Å². The fraction of sp³-hybridized carbons (Fsp3) is 1.00. The van der Waals surface area contributed by atoms with Crippen LogP contribution in [-0.2, 0) is 0 Å². The minimum Gasteiger partial charge on any atom is -0.396 e.